The van der Waals surface area contributed by atoms with Crippen LogP contribution in [0.5, 0.6) is 0 Å². The topological polar surface area (TPSA) is 114 Å². The number of hydrogen-bond donors (Lipinski definition) is 3. The Labute approximate surface area is 110 Å². The molecule has 102 valence electrons. The van der Waals surface area contributed by atoms with E-state index in [-0.39, 0.29) is 19.0 Å². The Morgan fingerprint density at radius 3 is 2.83 bits per heavy atom. The first-order chi connectivity index (χ1) is 8.42. The third-order valence-electron chi connectivity index (χ3n) is 1.92. The molecular weight excluding hydrogens is 276 g/mol. The van der Waals surface area contributed by atoms with Gasteiger partial charge in [-0.2, -0.15) is 0 Å². The van der Waals surface area contributed by atoms with Crippen molar-refractivity contribution >= 4 is 27.3 Å². The number of nitrogens with zero attached hydrogens (tertiary/aromatic N) is 1. The summed E-state index contributed by atoms with van der Waals surface area (Å²) in [5, 5.41) is 5.05. The zero-order chi connectivity index (χ0) is 13.6. The first-order valence-electron chi connectivity index (χ1n) is 5.29. The zero-order valence-electron chi connectivity index (χ0n) is 9.97. The lowest BCUT2D eigenvalue weighted by Gasteiger charge is -2.03. The molecule has 7 nitrogen and oxygen atoms in total. The van der Waals surface area contributed by atoms with Gasteiger partial charge in [0.15, 0.2) is 0 Å². The molecule has 0 radical (unpaired) electrons. The number of carbonyl (C=O) groups excluding carboxylic acids is 1. The third-order valence-corrected chi connectivity index (χ3v) is 3.55. The molecule has 0 aliphatic rings. The molecule has 0 aliphatic heterocycles. The Kier molecular flexibility index (Phi) is 5.66. The minimum atomic E-state index is -3.22. The van der Waals surface area contributed by atoms with E-state index in [2.05, 4.69) is 15.0 Å². The van der Waals surface area contributed by atoms with Gasteiger partial charge in [0.05, 0.1) is 11.3 Å². The predicted molar refractivity (Wildman–Crippen MR) is 70.1 cm³/mol. The fourth-order valence-electron chi connectivity index (χ4n) is 1.16. The van der Waals surface area contributed by atoms with Crippen molar-refractivity contribution in [1.82, 2.24) is 15.0 Å². The molecule has 0 saturated carbocycles. The average Bonchev–Trinajstić information content (AvgIpc) is 2.72. The van der Waals surface area contributed by atoms with Gasteiger partial charge in [0.2, 0.25) is 10.0 Å². The molecule has 0 saturated heterocycles. The number of thiazole rings is 1. The smallest absolute Gasteiger partial charge is 0.270 e. The van der Waals surface area contributed by atoms with Crippen molar-refractivity contribution in [1.29, 1.82) is 0 Å². The van der Waals surface area contributed by atoms with Crippen molar-refractivity contribution in [2.75, 3.05) is 25.9 Å². The second-order valence-corrected chi connectivity index (χ2v) is 6.36. The Balaban J connectivity index is 2.36. The van der Waals surface area contributed by atoms with Crippen LogP contribution in [-0.4, -0.2) is 45.2 Å². The summed E-state index contributed by atoms with van der Waals surface area (Å²) in [5.41, 5.74) is 5.72. The second kappa shape index (κ2) is 6.78. The molecule has 0 spiro atoms. The number of nitrogens with two attached hydrogens (primary N) is 1. The number of aromatic nitrogens is 1. The van der Waals surface area contributed by atoms with Crippen LogP contribution in [0.15, 0.2) is 5.38 Å². The molecule has 0 bridgehead atoms. The van der Waals surface area contributed by atoms with Crippen molar-refractivity contribution in [3.8, 4) is 0 Å². The number of carbonyl (C=O) groups is 1. The van der Waals surface area contributed by atoms with Gasteiger partial charge in [0, 0.05) is 24.9 Å². The van der Waals surface area contributed by atoms with Gasteiger partial charge in [-0.3, -0.25) is 4.79 Å². The lowest BCUT2D eigenvalue weighted by molar-refractivity contribution is 0.0950. The number of sulfonamides is 1. The zero-order valence-corrected chi connectivity index (χ0v) is 11.6. The summed E-state index contributed by atoms with van der Waals surface area (Å²) >= 11 is 1.38. The average molecular weight is 292 g/mol. The normalized spacial score (nSPS) is 11.4. The number of amides is 1. The SMILES string of the molecule is CS(=O)(=O)NCCNC(=O)c1csc(CCN)n1. The fraction of sp³-hybridized carbons (Fsp3) is 0.556. The van der Waals surface area contributed by atoms with Gasteiger partial charge in [-0.05, 0) is 6.54 Å². The van der Waals surface area contributed by atoms with Gasteiger partial charge in [-0.15, -0.1) is 11.3 Å². The van der Waals surface area contributed by atoms with Crippen LogP contribution in [0.1, 0.15) is 15.5 Å². The third kappa shape index (κ3) is 5.54. The molecule has 4 N–H and O–H groups in total. The van der Waals surface area contributed by atoms with Crippen LogP contribution < -0.4 is 15.8 Å². The van der Waals surface area contributed by atoms with E-state index in [1.54, 1.807) is 5.38 Å². The van der Waals surface area contributed by atoms with Crippen LogP contribution in [0.3, 0.4) is 0 Å². The molecule has 1 aromatic heterocycles. The number of rotatable bonds is 7. The van der Waals surface area contributed by atoms with Gasteiger partial charge in [0.25, 0.3) is 5.91 Å². The fourth-order valence-corrected chi connectivity index (χ4v) is 2.42. The molecule has 1 amide bonds. The van der Waals surface area contributed by atoms with E-state index in [9.17, 15) is 13.2 Å². The highest BCUT2D eigenvalue weighted by atomic mass is 32.2. The summed E-state index contributed by atoms with van der Waals surface area (Å²) < 4.78 is 23.8. The Morgan fingerprint density at radius 2 is 2.22 bits per heavy atom. The standard InChI is InChI=1S/C9H16N4O3S2/c1-18(15,16)12-5-4-11-9(14)7-6-17-8(13-7)2-3-10/h6,12H,2-5,10H2,1H3,(H,11,14). The van der Waals surface area contributed by atoms with Crippen molar-refractivity contribution in [3.63, 3.8) is 0 Å². The Bertz CT molecular complexity index is 498. The second-order valence-electron chi connectivity index (χ2n) is 3.59. The molecule has 0 aromatic carbocycles. The molecule has 18 heavy (non-hydrogen) atoms. The van der Waals surface area contributed by atoms with Crippen molar-refractivity contribution < 1.29 is 13.2 Å². The van der Waals surface area contributed by atoms with E-state index in [4.69, 9.17) is 5.73 Å². The van der Waals surface area contributed by atoms with E-state index in [1.165, 1.54) is 11.3 Å². The summed E-state index contributed by atoms with van der Waals surface area (Å²) in [6.07, 6.45) is 1.71. The van der Waals surface area contributed by atoms with Gasteiger partial charge in [-0.1, -0.05) is 0 Å². The number of hydrogen-bond acceptors (Lipinski definition) is 6. The Hall–Kier alpha value is -1.03. The highest BCUT2D eigenvalue weighted by Gasteiger charge is 2.10. The van der Waals surface area contributed by atoms with Crippen molar-refractivity contribution in [2.24, 2.45) is 5.73 Å². The molecule has 0 unspecified atom stereocenters. The van der Waals surface area contributed by atoms with E-state index >= 15 is 0 Å². The minimum absolute atomic E-state index is 0.157. The predicted octanol–water partition coefficient (Wildman–Crippen LogP) is -1.08. The van der Waals surface area contributed by atoms with E-state index in [0.29, 0.717) is 18.7 Å². The van der Waals surface area contributed by atoms with Crippen LogP contribution in [-0.2, 0) is 16.4 Å². The van der Waals surface area contributed by atoms with Gasteiger partial charge in [0.1, 0.15) is 5.69 Å². The van der Waals surface area contributed by atoms with Crippen LogP contribution in [0.25, 0.3) is 0 Å². The first-order valence-corrected chi connectivity index (χ1v) is 8.07. The van der Waals surface area contributed by atoms with Crippen LogP contribution in [0, 0.1) is 0 Å². The van der Waals surface area contributed by atoms with Gasteiger partial charge in [-0.25, -0.2) is 18.1 Å². The Morgan fingerprint density at radius 1 is 1.50 bits per heavy atom. The van der Waals surface area contributed by atoms with Crippen LogP contribution in [0.2, 0.25) is 0 Å². The maximum atomic E-state index is 11.6. The summed E-state index contributed by atoms with van der Waals surface area (Å²) in [6, 6.07) is 0. The number of nitrogens with one attached hydrogen (secondary N) is 2. The van der Waals surface area contributed by atoms with Crippen LogP contribution in [0.4, 0.5) is 0 Å². The minimum Gasteiger partial charge on any atom is -0.349 e. The van der Waals surface area contributed by atoms with Crippen LogP contribution >= 0.6 is 11.3 Å². The highest BCUT2D eigenvalue weighted by molar-refractivity contribution is 7.88. The van der Waals surface area contributed by atoms with Crippen molar-refractivity contribution in [3.05, 3.63) is 16.1 Å². The summed E-state index contributed by atoms with van der Waals surface area (Å²) in [5.74, 6) is -0.315. The highest BCUT2D eigenvalue weighted by Crippen LogP contribution is 2.09. The van der Waals surface area contributed by atoms with E-state index < -0.39 is 10.0 Å². The molecule has 9 heteroatoms. The first kappa shape index (κ1) is 15.0. The summed E-state index contributed by atoms with van der Waals surface area (Å²) in [4.78, 5) is 15.7. The maximum Gasteiger partial charge on any atom is 0.270 e. The molecule has 0 atom stereocenters. The summed E-state index contributed by atoms with van der Waals surface area (Å²) in [6.45, 7) is 0.868. The molecule has 1 aromatic rings. The van der Waals surface area contributed by atoms with E-state index in [1.807, 2.05) is 0 Å². The van der Waals surface area contributed by atoms with Gasteiger partial charge < -0.3 is 11.1 Å². The lowest BCUT2D eigenvalue weighted by Crippen LogP contribution is -2.34. The molecule has 0 aliphatic carbocycles. The van der Waals surface area contributed by atoms with Gasteiger partial charge >= 0.3 is 0 Å². The molecule has 1 rings (SSSR count). The summed E-state index contributed by atoms with van der Waals surface area (Å²) in [7, 11) is -3.22. The monoisotopic (exact) mass is 292 g/mol. The van der Waals surface area contributed by atoms with E-state index in [0.717, 1.165) is 11.3 Å². The molecular formula is C9H16N4O3S2. The quantitative estimate of drug-likeness (QED) is 0.553. The van der Waals surface area contributed by atoms with Crippen molar-refractivity contribution in [2.45, 2.75) is 6.42 Å². The molecule has 1 heterocycles. The maximum absolute atomic E-state index is 11.6. The molecule has 0 fully saturated rings. The largest absolute Gasteiger partial charge is 0.349 e. The lowest BCUT2D eigenvalue weighted by atomic mass is 10.4.